The molecular formula is C14H15N3O3. The lowest BCUT2D eigenvalue weighted by Crippen LogP contribution is -2.11. The maximum Gasteiger partial charge on any atom is 0.271 e. The molecule has 6 heteroatoms. The highest BCUT2D eigenvalue weighted by molar-refractivity contribution is 5.76. The smallest absolute Gasteiger partial charge is 0.271 e. The summed E-state index contributed by atoms with van der Waals surface area (Å²) >= 11 is 0. The quantitative estimate of drug-likeness (QED) is 0.526. The largest absolute Gasteiger partial charge is 0.497 e. The van der Waals surface area contributed by atoms with Gasteiger partial charge in [0.15, 0.2) is 0 Å². The summed E-state index contributed by atoms with van der Waals surface area (Å²) in [4.78, 5) is 12.1. The van der Waals surface area contributed by atoms with Gasteiger partial charge < -0.3 is 15.4 Å². The van der Waals surface area contributed by atoms with Gasteiger partial charge in [-0.3, -0.25) is 10.1 Å². The van der Waals surface area contributed by atoms with Crippen molar-refractivity contribution in [3.63, 3.8) is 0 Å². The summed E-state index contributed by atoms with van der Waals surface area (Å²) in [7, 11) is 3.44. The molecule has 0 aliphatic heterocycles. The van der Waals surface area contributed by atoms with E-state index in [4.69, 9.17) is 10.5 Å². The minimum absolute atomic E-state index is 0.0229. The molecule has 0 bridgehead atoms. The van der Waals surface area contributed by atoms with Crippen molar-refractivity contribution < 1.29 is 9.66 Å². The van der Waals surface area contributed by atoms with E-state index >= 15 is 0 Å². The molecule has 0 atom stereocenters. The number of hydrogen-bond donors (Lipinski definition) is 1. The van der Waals surface area contributed by atoms with Crippen LogP contribution in [0.4, 0.5) is 22.7 Å². The van der Waals surface area contributed by atoms with Crippen LogP contribution in [0.1, 0.15) is 0 Å². The predicted molar refractivity (Wildman–Crippen MR) is 78.6 cm³/mol. The van der Waals surface area contributed by atoms with Crippen molar-refractivity contribution >= 4 is 22.7 Å². The van der Waals surface area contributed by atoms with Gasteiger partial charge >= 0.3 is 0 Å². The van der Waals surface area contributed by atoms with Crippen LogP contribution in [0.2, 0.25) is 0 Å². The highest BCUT2D eigenvalue weighted by atomic mass is 16.6. The molecule has 6 nitrogen and oxygen atoms in total. The Hall–Kier alpha value is -2.76. The molecule has 2 N–H and O–H groups in total. The normalized spacial score (nSPS) is 10.1. The molecule has 0 saturated carbocycles. The molecule has 0 amide bonds. The van der Waals surface area contributed by atoms with E-state index in [1.807, 2.05) is 36.2 Å². The first-order valence-electron chi connectivity index (χ1n) is 5.94. The Morgan fingerprint density at radius 3 is 2.60 bits per heavy atom. The molecular weight excluding hydrogens is 258 g/mol. The number of nitrogens with zero attached hydrogens (tertiary/aromatic N) is 2. The first kappa shape index (κ1) is 13.7. The Morgan fingerprint density at radius 1 is 1.25 bits per heavy atom. The van der Waals surface area contributed by atoms with Gasteiger partial charge in [0.1, 0.15) is 5.75 Å². The van der Waals surface area contributed by atoms with Crippen molar-refractivity contribution in [1.82, 2.24) is 0 Å². The summed E-state index contributed by atoms with van der Waals surface area (Å²) < 4.78 is 5.17. The highest BCUT2D eigenvalue weighted by Crippen LogP contribution is 2.32. The van der Waals surface area contributed by atoms with E-state index in [9.17, 15) is 10.1 Å². The lowest BCUT2D eigenvalue weighted by Gasteiger charge is -2.21. The number of methoxy groups -OCH3 is 1. The number of nitro groups is 1. The second-order valence-corrected chi connectivity index (χ2v) is 4.26. The lowest BCUT2D eigenvalue weighted by atomic mass is 10.2. The van der Waals surface area contributed by atoms with Crippen LogP contribution >= 0.6 is 0 Å². The number of benzene rings is 2. The number of nitrogens with two attached hydrogens (primary N) is 1. The van der Waals surface area contributed by atoms with Gasteiger partial charge in [-0.2, -0.15) is 0 Å². The number of nitrogen functional groups attached to an aromatic ring is 1. The summed E-state index contributed by atoms with van der Waals surface area (Å²) in [6, 6.07) is 11.9. The Labute approximate surface area is 116 Å². The van der Waals surface area contributed by atoms with E-state index < -0.39 is 4.92 Å². The van der Waals surface area contributed by atoms with Crippen LogP contribution in [0.3, 0.4) is 0 Å². The zero-order valence-corrected chi connectivity index (χ0v) is 11.2. The molecule has 0 radical (unpaired) electrons. The third kappa shape index (κ3) is 2.64. The van der Waals surface area contributed by atoms with Crippen molar-refractivity contribution in [2.45, 2.75) is 0 Å². The molecule has 104 valence electrons. The van der Waals surface area contributed by atoms with Crippen LogP contribution in [0.25, 0.3) is 0 Å². The molecule has 20 heavy (non-hydrogen) atoms. The molecule has 0 heterocycles. The zero-order valence-electron chi connectivity index (χ0n) is 11.2. The molecule has 0 aromatic heterocycles. The van der Waals surface area contributed by atoms with E-state index in [0.29, 0.717) is 11.4 Å². The summed E-state index contributed by atoms with van der Waals surface area (Å²) in [6.07, 6.45) is 0. The van der Waals surface area contributed by atoms with Crippen LogP contribution in [-0.4, -0.2) is 19.1 Å². The summed E-state index contributed by atoms with van der Waals surface area (Å²) in [5.41, 5.74) is 7.80. The van der Waals surface area contributed by atoms with E-state index in [1.165, 1.54) is 12.1 Å². The van der Waals surface area contributed by atoms with Crippen LogP contribution in [-0.2, 0) is 0 Å². The van der Waals surface area contributed by atoms with Gasteiger partial charge in [0.2, 0.25) is 0 Å². The van der Waals surface area contributed by atoms with Gasteiger partial charge in [-0.1, -0.05) is 6.07 Å². The van der Waals surface area contributed by atoms with E-state index in [-0.39, 0.29) is 5.69 Å². The van der Waals surface area contributed by atoms with Crippen molar-refractivity contribution in [3.8, 4) is 5.75 Å². The fourth-order valence-corrected chi connectivity index (χ4v) is 1.92. The third-order valence-electron chi connectivity index (χ3n) is 3.02. The Bertz CT molecular complexity index is 643. The molecule has 0 fully saturated rings. The van der Waals surface area contributed by atoms with Gasteiger partial charge in [0, 0.05) is 30.9 Å². The molecule has 2 aromatic rings. The van der Waals surface area contributed by atoms with E-state index in [1.54, 1.807) is 13.2 Å². The van der Waals surface area contributed by atoms with Gasteiger partial charge in [-0.05, 0) is 18.2 Å². The summed E-state index contributed by atoms with van der Waals surface area (Å²) in [6.45, 7) is 0. The summed E-state index contributed by atoms with van der Waals surface area (Å²) in [5, 5.41) is 10.7. The molecule has 0 aliphatic carbocycles. The molecule has 2 rings (SSSR count). The van der Waals surface area contributed by atoms with Crippen LogP contribution in [0.15, 0.2) is 42.5 Å². The maximum atomic E-state index is 10.7. The summed E-state index contributed by atoms with van der Waals surface area (Å²) in [5.74, 6) is 0.731. The monoisotopic (exact) mass is 273 g/mol. The van der Waals surface area contributed by atoms with Crippen LogP contribution in [0, 0.1) is 10.1 Å². The van der Waals surface area contributed by atoms with E-state index in [2.05, 4.69) is 0 Å². The molecule has 0 aliphatic rings. The molecule has 0 unspecified atom stereocenters. The van der Waals surface area contributed by atoms with E-state index in [0.717, 1.165) is 11.4 Å². The number of hydrogen-bond acceptors (Lipinski definition) is 5. The number of nitro benzene ring substituents is 1. The van der Waals surface area contributed by atoms with Gasteiger partial charge in [0.05, 0.1) is 23.4 Å². The minimum Gasteiger partial charge on any atom is -0.497 e. The topological polar surface area (TPSA) is 81.6 Å². The van der Waals surface area contributed by atoms with Crippen molar-refractivity contribution in [3.05, 3.63) is 52.6 Å². The second-order valence-electron chi connectivity index (χ2n) is 4.26. The van der Waals surface area contributed by atoms with Crippen molar-refractivity contribution in [1.29, 1.82) is 0 Å². The van der Waals surface area contributed by atoms with Gasteiger partial charge in [-0.15, -0.1) is 0 Å². The van der Waals surface area contributed by atoms with Crippen LogP contribution in [0.5, 0.6) is 5.75 Å². The Morgan fingerprint density at radius 2 is 2.00 bits per heavy atom. The Kier molecular flexibility index (Phi) is 3.74. The number of ether oxygens (including phenoxy) is 1. The predicted octanol–water partition coefficient (Wildman–Crippen LogP) is 2.95. The first-order valence-corrected chi connectivity index (χ1v) is 5.94. The SMILES string of the molecule is COc1cccc(N(C)c2ccc([N+](=O)[O-])cc2N)c1. The first-order chi connectivity index (χ1) is 9.52. The standard InChI is InChI=1S/C14H15N3O3/c1-16(10-4-3-5-12(8-10)20-2)14-7-6-11(17(18)19)9-13(14)15/h3-9H,15H2,1-2H3. The molecule has 2 aromatic carbocycles. The van der Waals surface area contributed by atoms with Crippen LogP contribution < -0.4 is 15.4 Å². The number of anilines is 3. The number of non-ortho nitro benzene ring substituents is 1. The fraction of sp³-hybridized carbons (Fsp3) is 0.143. The van der Waals surface area contributed by atoms with Gasteiger partial charge in [-0.25, -0.2) is 0 Å². The average molecular weight is 273 g/mol. The van der Waals surface area contributed by atoms with Crippen molar-refractivity contribution in [2.75, 3.05) is 24.8 Å². The lowest BCUT2D eigenvalue weighted by molar-refractivity contribution is -0.384. The fourth-order valence-electron chi connectivity index (χ4n) is 1.92. The Balaban J connectivity index is 2.37. The maximum absolute atomic E-state index is 10.7. The highest BCUT2D eigenvalue weighted by Gasteiger charge is 2.13. The minimum atomic E-state index is -0.467. The zero-order chi connectivity index (χ0) is 14.7. The average Bonchev–Trinajstić information content (AvgIpc) is 2.46. The van der Waals surface area contributed by atoms with Crippen molar-refractivity contribution in [2.24, 2.45) is 0 Å². The number of rotatable bonds is 4. The third-order valence-corrected chi connectivity index (χ3v) is 3.02. The van der Waals surface area contributed by atoms with Gasteiger partial charge in [0.25, 0.3) is 5.69 Å². The molecule has 0 spiro atoms. The molecule has 0 saturated heterocycles. The second kappa shape index (κ2) is 5.48.